The molecule has 2 heterocycles. The average molecular weight is 375 g/mol. The number of rotatable bonds is 5. The third-order valence-corrected chi connectivity index (χ3v) is 2.67. The second kappa shape index (κ2) is 10.2. The number of hydrogen-bond donors (Lipinski definition) is 4. The van der Waals surface area contributed by atoms with Crippen LogP contribution in [0.3, 0.4) is 0 Å². The molecule has 0 radical (unpaired) electrons. The Labute approximate surface area is 150 Å². The van der Waals surface area contributed by atoms with Gasteiger partial charge in [0, 0.05) is 25.5 Å². The fraction of sp³-hybridized carbons (Fsp3) is 0.143. The molecule has 2 aromatic rings. The van der Waals surface area contributed by atoms with Crippen LogP contribution < -0.4 is 10.6 Å². The van der Waals surface area contributed by atoms with Crippen molar-refractivity contribution in [3.8, 4) is 11.5 Å². The van der Waals surface area contributed by atoms with Crippen LogP contribution in [-0.2, 0) is 0 Å². The molecule has 130 valence electrons. The number of carbonyl (C=O) groups is 2. The van der Waals surface area contributed by atoms with Gasteiger partial charge in [-0.1, -0.05) is 0 Å². The van der Waals surface area contributed by atoms with Gasteiger partial charge in [-0.05, 0) is 12.1 Å². The molecule has 2 amide bonds. The third kappa shape index (κ3) is 6.27. The van der Waals surface area contributed by atoms with Crippen molar-refractivity contribution in [3.63, 3.8) is 0 Å². The number of pyridine rings is 2. The summed E-state index contributed by atoms with van der Waals surface area (Å²) in [6, 6.07) is 2.58. The highest BCUT2D eigenvalue weighted by atomic mass is 35.5. The standard InChI is InChI=1S/C14H14N4O4.2ClH/c19-11-3-9(5-15-7-11)13(21)17-1-2-18-14(22)10-4-12(20)8-16-6-10;;/h3-8,19-20H,1-2H2,(H,17,21)(H,18,22);2*1H. The molecule has 0 aromatic carbocycles. The van der Waals surface area contributed by atoms with E-state index >= 15 is 0 Å². The van der Waals surface area contributed by atoms with Crippen molar-refractivity contribution in [2.45, 2.75) is 0 Å². The van der Waals surface area contributed by atoms with E-state index in [-0.39, 0.29) is 60.5 Å². The van der Waals surface area contributed by atoms with Crippen LogP contribution in [0.4, 0.5) is 0 Å². The first-order valence-electron chi connectivity index (χ1n) is 6.40. The summed E-state index contributed by atoms with van der Waals surface area (Å²) in [6.45, 7) is 0.402. The Kier molecular flexibility index (Phi) is 9.14. The number of halogens is 2. The molecule has 0 fully saturated rings. The highest BCUT2D eigenvalue weighted by Gasteiger charge is 2.08. The van der Waals surface area contributed by atoms with Crippen molar-refractivity contribution in [2.24, 2.45) is 0 Å². The van der Waals surface area contributed by atoms with Gasteiger partial charge in [-0.2, -0.15) is 0 Å². The van der Waals surface area contributed by atoms with E-state index in [0.29, 0.717) is 0 Å². The number of aromatic nitrogens is 2. The number of amides is 2. The summed E-state index contributed by atoms with van der Waals surface area (Å²) < 4.78 is 0. The fourth-order valence-corrected chi connectivity index (χ4v) is 1.66. The molecular formula is C14H16Cl2N4O4. The molecule has 24 heavy (non-hydrogen) atoms. The molecule has 0 aliphatic heterocycles. The Balaban J connectivity index is 0.00000264. The Morgan fingerprint density at radius 1 is 0.792 bits per heavy atom. The third-order valence-electron chi connectivity index (χ3n) is 2.67. The van der Waals surface area contributed by atoms with Crippen molar-refractivity contribution in [1.82, 2.24) is 20.6 Å². The van der Waals surface area contributed by atoms with Crippen LogP contribution in [0.25, 0.3) is 0 Å². The first-order chi connectivity index (χ1) is 10.6. The molecule has 0 saturated carbocycles. The molecule has 0 atom stereocenters. The monoisotopic (exact) mass is 374 g/mol. The number of hydrogen-bond acceptors (Lipinski definition) is 6. The SMILES string of the molecule is Cl.Cl.O=C(NCCNC(=O)c1cncc(O)c1)c1cncc(O)c1. The average Bonchev–Trinajstić information content (AvgIpc) is 2.51. The molecule has 0 unspecified atom stereocenters. The van der Waals surface area contributed by atoms with Crippen LogP contribution in [-0.4, -0.2) is 45.1 Å². The largest absolute Gasteiger partial charge is 0.506 e. The lowest BCUT2D eigenvalue weighted by molar-refractivity contribution is 0.0927. The molecule has 2 rings (SSSR count). The van der Waals surface area contributed by atoms with E-state index < -0.39 is 11.8 Å². The van der Waals surface area contributed by atoms with Crippen molar-refractivity contribution < 1.29 is 19.8 Å². The number of carbonyl (C=O) groups excluding carboxylic acids is 2. The smallest absolute Gasteiger partial charge is 0.253 e. The second-order valence-electron chi connectivity index (χ2n) is 4.38. The summed E-state index contributed by atoms with van der Waals surface area (Å²) in [5.41, 5.74) is 0.451. The summed E-state index contributed by atoms with van der Waals surface area (Å²) in [7, 11) is 0. The molecular weight excluding hydrogens is 359 g/mol. The van der Waals surface area contributed by atoms with Crippen LogP contribution in [0.2, 0.25) is 0 Å². The van der Waals surface area contributed by atoms with E-state index in [1.54, 1.807) is 0 Å². The van der Waals surface area contributed by atoms with Crippen molar-refractivity contribution in [1.29, 1.82) is 0 Å². The van der Waals surface area contributed by atoms with E-state index in [9.17, 15) is 19.8 Å². The maximum absolute atomic E-state index is 11.7. The number of nitrogens with one attached hydrogen (secondary N) is 2. The van der Waals surface area contributed by atoms with E-state index in [4.69, 9.17) is 0 Å². The first-order valence-corrected chi connectivity index (χ1v) is 6.40. The van der Waals surface area contributed by atoms with Gasteiger partial charge in [0.15, 0.2) is 0 Å². The summed E-state index contributed by atoms with van der Waals surface area (Å²) in [6.07, 6.45) is 5.10. The van der Waals surface area contributed by atoms with Gasteiger partial charge in [0.2, 0.25) is 0 Å². The molecule has 8 nitrogen and oxygen atoms in total. The predicted octanol–water partition coefficient (Wildman–Crippen LogP) is 0.891. The van der Waals surface area contributed by atoms with Crippen LogP contribution in [0.5, 0.6) is 11.5 Å². The van der Waals surface area contributed by atoms with Crippen LogP contribution in [0, 0.1) is 0 Å². The maximum atomic E-state index is 11.7. The van der Waals surface area contributed by atoms with E-state index in [1.807, 2.05) is 0 Å². The van der Waals surface area contributed by atoms with Gasteiger partial charge in [-0.3, -0.25) is 19.6 Å². The van der Waals surface area contributed by atoms with Gasteiger partial charge < -0.3 is 20.8 Å². The summed E-state index contributed by atoms with van der Waals surface area (Å²) >= 11 is 0. The minimum atomic E-state index is -0.406. The van der Waals surface area contributed by atoms with Gasteiger partial charge in [-0.25, -0.2) is 0 Å². The molecule has 0 aliphatic carbocycles. The van der Waals surface area contributed by atoms with E-state index in [1.165, 1.54) is 36.9 Å². The quantitative estimate of drug-likeness (QED) is 0.576. The molecule has 0 bridgehead atoms. The minimum Gasteiger partial charge on any atom is -0.506 e. The van der Waals surface area contributed by atoms with Gasteiger partial charge in [0.25, 0.3) is 11.8 Å². The zero-order valence-electron chi connectivity index (χ0n) is 12.3. The van der Waals surface area contributed by atoms with Gasteiger partial charge in [0.05, 0.1) is 23.5 Å². The summed E-state index contributed by atoms with van der Waals surface area (Å²) in [5, 5.41) is 23.6. The molecule has 0 aliphatic rings. The molecule has 4 N–H and O–H groups in total. The minimum absolute atomic E-state index is 0. The van der Waals surface area contributed by atoms with Crippen LogP contribution in [0.1, 0.15) is 20.7 Å². The van der Waals surface area contributed by atoms with Crippen LogP contribution >= 0.6 is 24.8 Å². The Bertz CT molecular complexity index is 640. The van der Waals surface area contributed by atoms with Gasteiger partial charge in [0.1, 0.15) is 11.5 Å². The van der Waals surface area contributed by atoms with E-state index in [2.05, 4.69) is 20.6 Å². The fourth-order valence-electron chi connectivity index (χ4n) is 1.66. The summed E-state index contributed by atoms with van der Waals surface area (Å²) in [4.78, 5) is 30.9. The molecule has 2 aromatic heterocycles. The maximum Gasteiger partial charge on any atom is 0.253 e. The molecule has 10 heteroatoms. The zero-order chi connectivity index (χ0) is 15.9. The van der Waals surface area contributed by atoms with Gasteiger partial charge >= 0.3 is 0 Å². The Morgan fingerprint density at radius 3 is 1.50 bits per heavy atom. The topological polar surface area (TPSA) is 124 Å². The van der Waals surface area contributed by atoms with Crippen molar-refractivity contribution in [3.05, 3.63) is 48.0 Å². The number of aromatic hydroxyl groups is 2. The Morgan fingerprint density at radius 2 is 1.17 bits per heavy atom. The first kappa shape index (κ1) is 21.4. The van der Waals surface area contributed by atoms with Gasteiger partial charge in [-0.15, -0.1) is 24.8 Å². The highest BCUT2D eigenvalue weighted by Crippen LogP contribution is 2.08. The number of nitrogens with zero attached hydrogens (tertiary/aromatic N) is 2. The highest BCUT2D eigenvalue weighted by molar-refractivity contribution is 5.95. The lowest BCUT2D eigenvalue weighted by Crippen LogP contribution is -2.34. The second-order valence-corrected chi connectivity index (χ2v) is 4.38. The Hall–Kier alpha value is -2.58. The lowest BCUT2D eigenvalue weighted by Gasteiger charge is -2.07. The van der Waals surface area contributed by atoms with E-state index in [0.717, 1.165) is 0 Å². The van der Waals surface area contributed by atoms with Crippen molar-refractivity contribution >= 4 is 36.6 Å². The predicted molar refractivity (Wildman–Crippen MR) is 91.0 cm³/mol. The zero-order valence-corrected chi connectivity index (χ0v) is 13.9. The lowest BCUT2D eigenvalue weighted by atomic mass is 10.2. The molecule has 0 spiro atoms. The normalized spacial score (nSPS) is 9.17. The van der Waals surface area contributed by atoms with Crippen molar-refractivity contribution in [2.75, 3.05) is 13.1 Å². The molecule has 0 saturated heterocycles. The summed E-state index contributed by atoms with van der Waals surface area (Å²) in [5.74, 6) is -1.01. The van der Waals surface area contributed by atoms with Crippen LogP contribution in [0.15, 0.2) is 36.9 Å².